The quantitative estimate of drug-likeness (QED) is 0.549. The first-order chi connectivity index (χ1) is 7.23. The average molecular weight is 243 g/mol. The smallest absolute Gasteiger partial charge is 0.322 e. The van der Waals surface area contributed by atoms with Gasteiger partial charge in [0, 0.05) is 6.61 Å². The van der Waals surface area contributed by atoms with Crippen LogP contribution in [0.4, 0.5) is 0 Å². The van der Waals surface area contributed by atoms with E-state index in [0.29, 0.717) is 6.61 Å². The average Bonchev–Trinajstić information content (AvgIpc) is 2.28. The van der Waals surface area contributed by atoms with Crippen molar-refractivity contribution in [2.24, 2.45) is 0 Å². The molecule has 0 amide bonds. The number of rotatable bonds is 6. The maximum Gasteiger partial charge on any atom is 0.322 e. The van der Waals surface area contributed by atoms with Crippen molar-refractivity contribution in [3.63, 3.8) is 0 Å². The molecule has 0 N–H and O–H groups in total. The van der Waals surface area contributed by atoms with Gasteiger partial charge >= 0.3 is 7.63 Å². The van der Waals surface area contributed by atoms with Crippen LogP contribution in [0, 0.1) is 0 Å². The molecule has 0 bridgehead atoms. The van der Waals surface area contributed by atoms with Crippen molar-refractivity contribution in [2.45, 2.75) is 32.7 Å². The predicted molar refractivity (Wildman–Crippen MR) is 69.0 cm³/mol. The highest BCUT2D eigenvalue weighted by molar-refractivity contribution is 7.23. The molecule has 1 unspecified atom stereocenters. The van der Waals surface area contributed by atoms with Crippen LogP contribution in [-0.2, 0) is 4.43 Å². The van der Waals surface area contributed by atoms with Gasteiger partial charge in [-0.05, 0) is 18.2 Å². The van der Waals surface area contributed by atoms with Crippen LogP contribution in [0.2, 0.25) is 6.04 Å². The highest BCUT2D eigenvalue weighted by atomic mass is 35.6. The highest BCUT2D eigenvalue weighted by Gasteiger charge is 2.33. The topological polar surface area (TPSA) is 9.23 Å². The zero-order valence-electron chi connectivity index (χ0n) is 9.50. The normalized spacial score (nSPS) is 14.9. The fourth-order valence-electron chi connectivity index (χ4n) is 1.62. The van der Waals surface area contributed by atoms with E-state index < -0.39 is 7.63 Å². The molecule has 1 rings (SSSR count). The van der Waals surface area contributed by atoms with Gasteiger partial charge in [-0.15, -0.1) is 11.1 Å². The van der Waals surface area contributed by atoms with Crippen LogP contribution < -0.4 is 5.19 Å². The number of halogens is 1. The molecule has 0 aliphatic carbocycles. The van der Waals surface area contributed by atoms with Gasteiger partial charge in [-0.1, -0.05) is 50.1 Å². The first-order valence-electron chi connectivity index (χ1n) is 5.61. The summed E-state index contributed by atoms with van der Waals surface area (Å²) in [5, 5.41) is 1.20. The summed E-state index contributed by atoms with van der Waals surface area (Å²) >= 11 is 6.66. The zero-order valence-corrected chi connectivity index (χ0v) is 11.3. The molecule has 1 aromatic rings. The Labute approximate surface area is 98.2 Å². The molecule has 0 aliphatic rings. The second-order valence-corrected chi connectivity index (χ2v) is 8.29. The molecule has 0 fully saturated rings. The molecule has 15 heavy (non-hydrogen) atoms. The van der Waals surface area contributed by atoms with Crippen molar-refractivity contribution in [3.05, 3.63) is 30.3 Å². The summed E-state index contributed by atoms with van der Waals surface area (Å²) in [7, 11) is -2.17. The zero-order chi connectivity index (χ0) is 11.1. The summed E-state index contributed by atoms with van der Waals surface area (Å²) in [6.07, 6.45) is 2.31. The van der Waals surface area contributed by atoms with Crippen LogP contribution in [-0.4, -0.2) is 14.2 Å². The summed E-state index contributed by atoms with van der Waals surface area (Å²) in [6, 6.07) is 11.3. The van der Waals surface area contributed by atoms with E-state index in [1.807, 2.05) is 25.1 Å². The Hall–Kier alpha value is -0.313. The van der Waals surface area contributed by atoms with E-state index in [-0.39, 0.29) is 0 Å². The Morgan fingerprint density at radius 3 is 2.40 bits per heavy atom. The van der Waals surface area contributed by atoms with Gasteiger partial charge in [0.1, 0.15) is 0 Å². The van der Waals surface area contributed by atoms with Gasteiger partial charge in [0.25, 0.3) is 0 Å². The lowest BCUT2D eigenvalue weighted by Crippen LogP contribution is -2.45. The largest absolute Gasteiger partial charge is 0.400 e. The lowest BCUT2D eigenvalue weighted by atomic mass is 10.4. The monoisotopic (exact) mass is 242 g/mol. The third-order valence-electron chi connectivity index (χ3n) is 2.43. The van der Waals surface area contributed by atoms with Crippen LogP contribution in [0.25, 0.3) is 0 Å². The summed E-state index contributed by atoms with van der Waals surface area (Å²) in [4.78, 5) is 0. The SMILES string of the molecule is CCCC[Si](Cl)(OCC)c1ccccc1. The lowest BCUT2D eigenvalue weighted by molar-refractivity contribution is 0.342. The second kappa shape index (κ2) is 6.31. The van der Waals surface area contributed by atoms with Crippen molar-refractivity contribution in [3.8, 4) is 0 Å². The van der Waals surface area contributed by atoms with E-state index in [1.54, 1.807) is 0 Å². The third-order valence-corrected chi connectivity index (χ3v) is 6.92. The first kappa shape index (κ1) is 12.8. The fraction of sp³-hybridized carbons (Fsp3) is 0.500. The van der Waals surface area contributed by atoms with Gasteiger partial charge in [0.2, 0.25) is 0 Å². The van der Waals surface area contributed by atoms with Crippen LogP contribution >= 0.6 is 11.1 Å². The van der Waals surface area contributed by atoms with Crippen molar-refractivity contribution in [2.75, 3.05) is 6.61 Å². The molecule has 0 saturated carbocycles. The Bertz CT molecular complexity index is 278. The molecule has 0 aromatic heterocycles. The third kappa shape index (κ3) is 3.63. The molecule has 3 heteroatoms. The second-order valence-electron chi connectivity index (χ2n) is 3.63. The fourth-order valence-corrected chi connectivity index (χ4v) is 5.28. The Kier molecular flexibility index (Phi) is 5.36. The van der Waals surface area contributed by atoms with Gasteiger partial charge in [-0.3, -0.25) is 0 Å². The van der Waals surface area contributed by atoms with Crippen molar-refractivity contribution >= 4 is 23.9 Å². The maximum absolute atomic E-state index is 6.66. The Morgan fingerprint density at radius 2 is 1.87 bits per heavy atom. The van der Waals surface area contributed by atoms with E-state index >= 15 is 0 Å². The minimum Gasteiger partial charge on any atom is -0.400 e. The summed E-state index contributed by atoms with van der Waals surface area (Å²) in [5.74, 6) is 0. The van der Waals surface area contributed by atoms with Crippen LogP contribution in [0.5, 0.6) is 0 Å². The molecule has 1 atom stereocenters. The van der Waals surface area contributed by atoms with Crippen LogP contribution in [0.3, 0.4) is 0 Å². The van der Waals surface area contributed by atoms with Crippen LogP contribution in [0.1, 0.15) is 26.7 Å². The van der Waals surface area contributed by atoms with E-state index in [4.69, 9.17) is 15.5 Å². The molecule has 0 heterocycles. The van der Waals surface area contributed by atoms with Gasteiger partial charge in [0.05, 0.1) is 0 Å². The van der Waals surface area contributed by atoms with Crippen molar-refractivity contribution < 1.29 is 4.43 Å². The number of hydrogen-bond acceptors (Lipinski definition) is 1. The lowest BCUT2D eigenvalue weighted by Gasteiger charge is -2.24. The summed E-state index contributed by atoms with van der Waals surface area (Å²) < 4.78 is 5.82. The van der Waals surface area contributed by atoms with Gasteiger partial charge in [-0.2, -0.15) is 0 Å². The van der Waals surface area contributed by atoms with Gasteiger partial charge in [0.15, 0.2) is 0 Å². The van der Waals surface area contributed by atoms with Gasteiger partial charge in [-0.25, -0.2) is 0 Å². The molecular weight excluding hydrogens is 224 g/mol. The standard InChI is InChI=1S/C12H19ClOSi/c1-3-5-11-15(13,14-4-2)12-9-7-6-8-10-12/h6-10H,3-5,11H2,1-2H3. The highest BCUT2D eigenvalue weighted by Crippen LogP contribution is 2.20. The van der Waals surface area contributed by atoms with Gasteiger partial charge < -0.3 is 4.43 Å². The number of hydrogen-bond donors (Lipinski definition) is 0. The molecule has 0 saturated heterocycles. The molecule has 1 aromatic carbocycles. The minimum atomic E-state index is -2.17. The van der Waals surface area contributed by atoms with Crippen molar-refractivity contribution in [1.82, 2.24) is 0 Å². The maximum atomic E-state index is 6.66. The molecule has 0 aliphatic heterocycles. The van der Waals surface area contributed by atoms with E-state index in [0.717, 1.165) is 12.5 Å². The summed E-state index contributed by atoms with van der Waals surface area (Å²) in [5.41, 5.74) is 0. The Morgan fingerprint density at radius 1 is 1.20 bits per heavy atom. The molecule has 84 valence electrons. The minimum absolute atomic E-state index is 0.703. The first-order valence-corrected chi connectivity index (χ1v) is 8.74. The molecule has 0 spiro atoms. The van der Waals surface area contributed by atoms with Crippen LogP contribution in [0.15, 0.2) is 30.3 Å². The number of benzene rings is 1. The van der Waals surface area contributed by atoms with Crippen molar-refractivity contribution in [1.29, 1.82) is 0 Å². The molecular formula is C12H19ClOSi. The van der Waals surface area contributed by atoms with E-state index in [1.165, 1.54) is 11.6 Å². The number of unbranched alkanes of at least 4 members (excludes halogenated alkanes) is 1. The predicted octanol–water partition coefficient (Wildman–Crippen LogP) is 3.41. The molecule has 0 radical (unpaired) electrons. The van der Waals surface area contributed by atoms with E-state index in [9.17, 15) is 0 Å². The summed E-state index contributed by atoms with van der Waals surface area (Å²) in [6.45, 7) is 4.90. The molecule has 1 nitrogen and oxygen atoms in total. The Balaban J connectivity index is 2.80. The van der Waals surface area contributed by atoms with E-state index in [2.05, 4.69) is 19.1 Å².